The van der Waals surface area contributed by atoms with E-state index in [2.05, 4.69) is 28.5 Å². The van der Waals surface area contributed by atoms with Gasteiger partial charge in [0, 0.05) is 37.3 Å². The van der Waals surface area contributed by atoms with Gasteiger partial charge in [-0.2, -0.15) is 0 Å². The van der Waals surface area contributed by atoms with Crippen molar-refractivity contribution in [1.29, 1.82) is 0 Å². The van der Waals surface area contributed by atoms with Crippen molar-refractivity contribution in [2.75, 3.05) is 6.54 Å². The highest BCUT2D eigenvalue weighted by atomic mass is 15.0. The molecule has 0 radical (unpaired) electrons. The van der Waals surface area contributed by atoms with Gasteiger partial charge in [0.1, 0.15) is 0 Å². The molecule has 2 heterocycles. The van der Waals surface area contributed by atoms with E-state index >= 15 is 0 Å². The monoisotopic (exact) mass is 134 g/mol. The first kappa shape index (κ1) is 5.59. The summed E-state index contributed by atoms with van der Waals surface area (Å²) in [6.45, 7) is 1.08. The third kappa shape index (κ3) is 0.817. The zero-order valence-corrected chi connectivity index (χ0v) is 5.75. The molecule has 0 saturated carbocycles. The quantitative estimate of drug-likeness (QED) is 0.612. The molecule has 0 amide bonds. The highest BCUT2D eigenvalue weighted by Gasteiger charge is 2.02. The molecule has 2 heteroatoms. The first-order valence-electron chi connectivity index (χ1n) is 3.52. The second-order valence-electron chi connectivity index (χ2n) is 2.43. The lowest BCUT2D eigenvalue weighted by Gasteiger charge is -1.99. The molecular weight excluding hydrogens is 124 g/mol. The topological polar surface area (TPSA) is 17.0 Å². The predicted molar refractivity (Wildman–Crippen MR) is 41.3 cm³/mol. The number of hydrogen-bond donors (Lipinski definition) is 1. The maximum Gasteiger partial charge on any atom is 0.0394 e. The summed E-state index contributed by atoms with van der Waals surface area (Å²) < 4.78 is 2.14. The van der Waals surface area contributed by atoms with Crippen LogP contribution in [0, 0.1) is 0 Å². The Labute approximate surface area is 60.2 Å². The van der Waals surface area contributed by atoms with Gasteiger partial charge in [-0.1, -0.05) is 0 Å². The minimum Gasteiger partial charge on any atom is -0.389 e. The zero-order valence-electron chi connectivity index (χ0n) is 5.75. The van der Waals surface area contributed by atoms with E-state index in [1.54, 1.807) is 0 Å². The summed E-state index contributed by atoms with van der Waals surface area (Å²) in [5.74, 6) is 0. The molecule has 1 aliphatic heterocycles. The van der Waals surface area contributed by atoms with Gasteiger partial charge in [-0.25, -0.2) is 0 Å². The molecule has 52 valence electrons. The van der Waals surface area contributed by atoms with Gasteiger partial charge < -0.3 is 9.88 Å². The molecule has 1 aromatic rings. The van der Waals surface area contributed by atoms with Crippen LogP contribution in [-0.2, 0) is 0 Å². The summed E-state index contributed by atoms with van der Waals surface area (Å²) in [6.07, 6.45) is 7.34. The fourth-order valence-corrected chi connectivity index (χ4v) is 1.19. The largest absolute Gasteiger partial charge is 0.389 e. The third-order valence-electron chi connectivity index (χ3n) is 1.73. The van der Waals surface area contributed by atoms with Gasteiger partial charge in [0.2, 0.25) is 0 Å². The first-order valence-corrected chi connectivity index (χ1v) is 3.52. The SMILES string of the molecule is C1=C(n2cccc2)CCN1. The first-order chi connectivity index (χ1) is 4.97. The summed E-state index contributed by atoms with van der Waals surface area (Å²) in [6, 6.07) is 4.08. The molecule has 0 fully saturated rings. The van der Waals surface area contributed by atoms with Gasteiger partial charge in [-0.15, -0.1) is 0 Å². The molecule has 1 aliphatic rings. The summed E-state index contributed by atoms with van der Waals surface area (Å²) >= 11 is 0. The number of nitrogens with zero attached hydrogens (tertiary/aromatic N) is 1. The van der Waals surface area contributed by atoms with Gasteiger partial charge in [0.25, 0.3) is 0 Å². The van der Waals surface area contributed by atoms with Gasteiger partial charge in [0.05, 0.1) is 0 Å². The van der Waals surface area contributed by atoms with Crippen LogP contribution < -0.4 is 5.32 Å². The summed E-state index contributed by atoms with van der Waals surface area (Å²) in [7, 11) is 0. The minimum absolute atomic E-state index is 1.08. The van der Waals surface area contributed by atoms with Crippen molar-refractivity contribution in [2.45, 2.75) is 6.42 Å². The number of aromatic nitrogens is 1. The molecule has 0 unspecified atom stereocenters. The predicted octanol–water partition coefficient (Wildman–Crippen LogP) is 1.28. The van der Waals surface area contributed by atoms with E-state index in [1.165, 1.54) is 5.70 Å². The lowest BCUT2D eigenvalue weighted by atomic mass is 10.4. The highest BCUT2D eigenvalue weighted by Crippen LogP contribution is 2.11. The standard InChI is InChI=1S/C8H10N2/c1-2-6-10(5-1)8-3-4-9-7-8/h1-2,5-7,9H,3-4H2. The molecule has 0 bridgehead atoms. The Kier molecular flexibility index (Phi) is 1.24. The second kappa shape index (κ2) is 2.21. The molecule has 0 aliphatic carbocycles. The highest BCUT2D eigenvalue weighted by molar-refractivity contribution is 5.47. The van der Waals surface area contributed by atoms with E-state index in [0.717, 1.165) is 13.0 Å². The Morgan fingerprint density at radius 2 is 2.10 bits per heavy atom. The van der Waals surface area contributed by atoms with Crippen molar-refractivity contribution in [3.63, 3.8) is 0 Å². The summed E-state index contributed by atoms with van der Waals surface area (Å²) in [5, 5.41) is 3.18. The van der Waals surface area contributed by atoms with Crippen molar-refractivity contribution < 1.29 is 0 Å². The fraction of sp³-hybridized carbons (Fsp3) is 0.250. The van der Waals surface area contributed by atoms with E-state index in [-0.39, 0.29) is 0 Å². The average molecular weight is 134 g/mol. The van der Waals surface area contributed by atoms with Gasteiger partial charge in [-0.05, 0) is 12.1 Å². The molecule has 10 heavy (non-hydrogen) atoms. The van der Waals surface area contributed by atoms with E-state index in [0.29, 0.717) is 0 Å². The maximum atomic E-state index is 3.18. The molecule has 0 aromatic carbocycles. The van der Waals surface area contributed by atoms with Gasteiger partial charge in [0.15, 0.2) is 0 Å². The molecule has 1 aromatic heterocycles. The van der Waals surface area contributed by atoms with Crippen LogP contribution >= 0.6 is 0 Å². The second-order valence-corrected chi connectivity index (χ2v) is 2.43. The molecule has 0 spiro atoms. The van der Waals surface area contributed by atoms with Crippen molar-refractivity contribution in [2.24, 2.45) is 0 Å². The lowest BCUT2D eigenvalue weighted by molar-refractivity contribution is 0.905. The van der Waals surface area contributed by atoms with Gasteiger partial charge >= 0.3 is 0 Å². The maximum absolute atomic E-state index is 3.18. The van der Waals surface area contributed by atoms with E-state index in [4.69, 9.17) is 0 Å². The average Bonchev–Trinajstić information content (AvgIpc) is 2.59. The molecule has 2 rings (SSSR count). The van der Waals surface area contributed by atoms with Crippen molar-refractivity contribution in [3.05, 3.63) is 30.7 Å². The minimum atomic E-state index is 1.08. The summed E-state index contributed by atoms with van der Waals surface area (Å²) in [5.41, 5.74) is 1.35. The summed E-state index contributed by atoms with van der Waals surface area (Å²) in [4.78, 5) is 0. The Hall–Kier alpha value is -1.18. The molecule has 1 N–H and O–H groups in total. The van der Waals surface area contributed by atoms with Crippen LogP contribution in [0.5, 0.6) is 0 Å². The Morgan fingerprint density at radius 1 is 1.30 bits per heavy atom. The number of hydrogen-bond acceptors (Lipinski definition) is 1. The smallest absolute Gasteiger partial charge is 0.0394 e. The van der Waals surface area contributed by atoms with E-state index < -0.39 is 0 Å². The van der Waals surface area contributed by atoms with Crippen molar-refractivity contribution >= 4 is 5.70 Å². The molecule has 0 atom stereocenters. The Morgan fingerprint density at radius 3 is 2.70 bits per heavy atom. The normalized spacial score (nSPS) is 16.6. The van der Waals surface area contributed by atoms with Crippen LogP contribution in [-0.4, -0.2) is 11.1 Å². The van der Waals surface area contributed by atoms with Crippen LogP contribution in [0.3, 0.4) is 0 Å². The molecule has 0 saturated heterocycles. The zero-order chi connectivity index (χ0) is 6.81. The lowest BCUT2D eigenvalue weighted by Crippen LogP contribution is -1.96. The van der Waals surface area contributed by atoms with Crippen molar-refractivity contribution in [1.82, 2.24) is 9.88 Å². The Bertz CT molecular complexity index is 234. The van der Waals surface area contributed by atoms with Crippen LogP contribution in [0.25, 0.3) is 5.70 Å². The van der Waals surface area contributed by atoms with Crippen LogP contribution in [0.4, 0.5) is 0 Å². The van der Waals surface area contributed by atoms with Gasteiger partial charge in [-0.3, -0.25) is 0 Å². The third-order valence-corrected chi connectivity index (χ3v) is 1.73. The van der Waals surface area contributed by atoms with Crippen molar-refractivity contribution in [3.8, 4) is 0 Å². The van der Waals surface area contributed by atoms with Crippen LogP contribution in [0.1, 0.15) is 6.42 Å². The molecular formula is C8H10N2. The van der Waals surface area contributed by atoms with Crippen LogP contribution in [0.2, 0.25) is 0 Å². The van der Waals surface area contributed by atoms with E-state index in [9.17, 15) is 0 Å². The number of rotatable bonds is 1. The fourth-order valence-electron chi connectivity index (χ4n) is 1.19. The van der Waals surface area contributed by atoms with Crippen LogP contribution in [0.15, 0.2) is 30.7 Å². The molecule has 2 nitrogen and oxygen atoms in total. The van der Waals surface area contributed by atoms with E-state index in [1.807, 2.05) is 12.1 Å². The number of nitrogens with one attached hydrogen (secondary N) is 1. The Balaban J connectivity index is 2.28.